The van der Waals surface area contributed by atoms with Gasteiger partial charge >= 0.3 is 11.9 Å². The summed E-state index contributed by atoms with van der Waals surface area (Å²) in [4.78, 5) is 23.3. The number of carboxylic acid groups (broad SMARTS) is 2. The number of sulfonamides is 1. The van der Waals surface area contributed by atoms with Crippen LogP contribution >= 0.6 is 34.5 Å². The van der Waals surface area contributed by atoms with Crippen LogP contribution in [0.25, 0.3) is 10.4 Å². The molecular formula is C26H26Cl2N2O7S2. The standard InChI is InChI=1S/C26H26Cl2N2O7S2/c1-15-23(37-13-22(31)32)25(26(33)34)38-24(15)17-3-2-4-19(12-17)30(18-7-9-29-10-8-18)39(35,36)14-16-5-6-20(27)21(28)11-16/h2-6,11-12,18,29H,7-10,13-14H2,1H3,(H,31,32)(H,33,34). The van der Waals surface area contributed by atoms with Gasteiger partial charge in [-0.1, -0.05) is 41.4 Å². The maximum atomic E-state index is 13.9. The van der Waals surface area contributed by atoms with Crippen LogP contribution in [-0.2, 0) is 20.6 Å². The van der Waals surface area contributed by atoms with Crippen LogP contribution in [0.5, 0.6) is 5.75 Å². The summed E-state index contributed by atoms with van der Waals surface area (Å²) < 4.78 is 34.5. The predicted octanol–water partition coefficient (Wildman–Crippen LogP) is 5.28. The second kappa shape index (κ2) is 12.1. The van der Waals surface area contributed by atoms with Gasteiger partial charge in [-0.25, -0.2) is 18.0 Å². The maximum Gasteiger partial charge on any atom is 0.349 e. The number of thiophene rings is 1. The van der Waals surface area contributed by atoms with Crippen LogP contribution < -0.4 is 14.4 Å². The number of aliphatic carboxylic acids is 1. The molecule has 1 saturated heterocycles. The Balaban J connectivity index is 1.76. The van der Waals surface area contributed by atoms with Gasteiger partial charge in [0.05, 0.1) is 21.5 Å². The van der Waals surface area contributed by atoms with Gasteiger partial charge in [0.2, 0.25) is 10.0 Å². The summed E-state index contributed by atoms with van der Waals surface area (Å²) in [6.07, 6.45) is 1.22. The molecule has 39 heavy (non-hydrogen) atoms. The fourth-order valence-corrected chi connectivity index (χ4v) is 7.80. The minimum Gasteiger partial charge on any atom is -0.480 e. The lowest BCUT2D eigenvalue weighted by molar-refractivity contribution is -0.139. The van der Waals surface area contributed by atoms with Crippen molar-refractivity contribution in [3.63, 3.8) is 0 Å². The molecule has 0 bridgehead atoms. The lowest BCUT2D eigenvalue weighted by Gasteiger charge is -2.35. The van der Waals surface area contributed by atoms with E-state index in [2.05, 4.69) is 5.32 Å². The van der Waals surface area contributed by atoms with Crippen LogP contribution in [-0.4, -0.2) is 56.3 Å². The molecule has 0 saturated carbocycles. The Morgan fingerprint density at radius 1 is 1.10 bits per heavy atom. The molecule has 3 N–H and O–H groups in total. The highest BCUT2D eigenvalue weighted by atomic mass is 35.5. The first-order chi connectivity index (χ1) is 18.5. The molecule has 1 aliphatic heterocycles. The summed E-state index contributed by atoms with van der Waals surface area (Å²) in [5.41, 5.74) is 1.99. The molecule has 1 aliphatic rings. The van der Waals surface area contributed by atoms with E-state index in [1.54, 1.807) is 49.4 Å². The third kappa shape index (κ3) is 6.67. The summed E-state index contributed by atoms with van der Waals surface area (Å²) in [6, 6.07) is 11.3. The van der Waals surface area contributed by atoms with Crippen molar-refractivity contribution in [3.8, 4) is 16.2 Å². The summed E-state index contributed by atoms with van der Waals surface area (Å²) in [7, 11) is -3.88. The molecule has 0 radical (unpaired) electrons. The molecule has 9 nitrogen and oxygen atoms in total. The van der Waals surface area contributed by atoms with Crippen molar-refractivity contribution < 1.29 is 33.0 Å². The summed E-state index contributed by atoms with van der Waals surface area (Å²) in [5, 5.41) is 22.5. The summed E-state index contributed by atoms with van der Waals surface area (Å²) >= 11 is 13.1. The number of aromatic carboxylic acids is 1. The Kier molecular flexibility index (Phi) is 9.07. The third-order valence-corrected chi connectivity index (χ3v) is 10.1. The minimum absolute atomic E-state index is 0.0160. The highest BCUT2D eigenvalue weighted by Crippen LogP contribution is 2.43. The van der Waals surface area contributed by atoms with Gasteiger partial charge in [-0.05, 0) is 68.2 Å². The molecule has 2 heterocycles. The number of piperidine rings is 1. The molecule has 0 unspecified atom stereocenters. The van der Waals surface area contributed by atoms with E-state index in [9.17, 15) is 23.1 Å². The predicted molar refractivity (Wildman–Crippen MR) is 152 cm³/mol. The highest BCUT2D eigenvalue weighted by molar-refractivity contribution is 7.92. The van der Waals surface area contributed by atoms with Crippen molar-refractivity contribution in [1.82, 2.24) is 5.32 Å². The number of carbonyl (C=O) groups is 2. The van der Waals surface area contributed by atoms with Gasteiger partial charge in [-0.15, -0.1) is 11.3 Å². The Morgan fingerprint density at radius 3 is 2.46 bits per heavy atom. The smallest absolute Gasteiger partial charge is 0.349 e. The van der Waals surface area contributed by atoms with Gasteiger partial charge < -0.3 is 20.3 Å². The first kappa shape index (κ1) is 29.2. The molecule has 0 atom stereocenters. The van der Waals surface area contributed by atoms with Gasteiger partial charge in [0.15, 0.2) is 11.5 Å². The zero-order valence-electron chi connectivity index (χ0n) is 20.8. The summed E-state index contributed by atoms with van der Waals surface area (Å²) in [5.74, 6) is -2.78. The SMILES string of the molecule is Cc1c(-c2cccc(N(C3CCNCC3)S(=O)(=O)Cc3ccc(Cl)c(Cl)c3)c2)sc(C(=O)O)c1OCC(=O)O. The number of benzene rings is 2. The Labute approximate surface area is 240 Å². The normalized spacial score (nSPS) is 14.2. The second-order valence-electron chi connectivity index (χ2n) is 9.03. The zero-order chi connectivity index (χ0) is 28.3. The molecule has 4 rings (SSSR count). The van der Waals surface area contributed by atoms with Gasteiger partial charge in [-0.3, -0.25) is 4.31 Å². The Bertz CT molecular complexity index is 1500. The van der Waals surface area contributed by atoms with Crippen LogP contribution in [0.3, 0.4) is 0 Å². The number of nitrogens with one attached hydrogen (secondary N) is 1. The zero-order valence-corrected chi connectivity index (χ0v) is 24.0. The Hall–Kier alpha value is -2.83. The van der Waals surface area contributed by atoms with Crippen LogP contribution in [0.1, 0.15) is 33.6 Å². The van der Waals surface area contributed by atoms with E-state index in [4.69, 9.17) is 33.0 Å². The van der Waals surface area contributed by atoms with Crippen molar-refractivity contribution >= 4 is 62.2 Å². The topological polar surface area (TPSA) is 133 Å². The fourth-order valence-electron chi connectivity index (χ4n) is 4.56. The first-order valence-electron chi connectivity index (χ1n) is 12.0. The average molecular weight is 614 g/mol. The molecule has 1 aromatic heterocycles. The monoisotopic (exact) mass is 612 g/mol. The molecule has 208 valence electrons. The quantitative estimate of drug-likeness (QED) is 0.281. The van der Waals surface area contributed by atoms with Crippen LogP contribution in [0.15, 0.2) is 42.5 Å². The number of ether oxygens (including phenoxy) is 1. The lowest BCUT2D eigenvalue weighted by atomic mass is 10.0. The number of carboxylic acids is 2. The molecule has 0 amide bonds. The molecule has 0 aliphatic carbocycles. The molecule has 3 aromatic rings. The van der Waals surface area contributed by atoms with E-state index in [0.717, 1.165) is 11.3 Å². The van der Waals surface area contributed by atoms with Gasteiger partial charge in [0.1, 0.15) is 5.75 Å². The van der Waals surface area contributed by atoms with Crippen molar-refractivity contribution in [2.24, 2.45) is 0 Å². The van der Waals surface area contributed by atoms with Crippen molar-refractivity contribution in [1.29, 1.82) is 0 Å². The fraction of sp³-hybridized carbons (Fsp3) is 0.308. The molecular weight excluding hydrogens is 587 g/mol. The highest BCUT2D eigenvalue weighted by Gasteiger charge is 2.32. The van der Waals surface area contributed by atoms with Crippen molar-refractivity contribution in [2.75, 3.05) is 24.0 Å². The lowest BCUT2D eigenvalue weighted by Crippen LogP contribution is -2.46. The van der Waals surface area contributed by atoms with Crippen molar-refractivity contribution in [2.45, 2.75) is 31.6 Å². The van der Waals surface area contributed by atoms with E-state index in [0.29, 0.717) is 58.2 Å². The average Bonchev–Trinajstić information content (AvgIpc) is 3.22. The van der Waals surface area contributed by atoms with Crippen LogP contribution in [0.4, 0.5) is 5.69 Å². The second-order valence-corrected chi connectivity index (χ2v) is 12.7. The number of anilines is 1. The number of rotatable bonds is 10. The van der Waals surface area contributed by atoms with E-state index in [1.165, 1.54) is 4.31 Å². The van der Waals surface area contributed by atoms with Gasteiger partial charge in [0.25, 0.3) is 0 Å². The number of hydrogen-bond donors (Lipinski definition) is 3. The number of halogens is 2. The maximum absolute atomic E-state index is 13.9. The van der Waals surface area contributed by atoms with E-state index >= 15 is 0 Å². The van der Waals surface area contributed by atoms with Crippen LogP contribution in [0, 0.1) is 6.92 Å². The van der Waals surface area contributed by atoms with Crippen molar-refractivity contribution in [3.05, 3.63) is 68.5 Å². The van der Waals surface area contributed by atoms with E-state index in [1.807, 2.05) is 0 Å². The number of hydrogen-bond acceptors (Lipinski definition) is 7. The minimum atomic E-state index is -3.88. The van der Waals surface area contributed by atoms with E-state index < -0.39 is 28.6 Å². The van der Waals surface area contributed by atoms with E-state index in [-0.39, 0.29) is 27.4 Å². The Morgan fingerprint density at radius 2 is 1.82 bits per heavy atom. The molecule has 1 fully saturated rings. The molecule has 2 aromatic carbocycles. The number of nitrogens with zero attached hydrogens (tertiary/aromatic N) is 1. The van der Waals surface area contributed by atoms with Gasteiger partial charge in [-0.2, -0.15) is 0 Å². The third-order valence-electron chi connectivity index (χ3n) is 6.26. The molecule has 0 spiro atoms. The molecule has 13 heteroatoms. The summed E-state index contributed by atoms with van der Waals surface area (Å²) in [6.45, 7) is 2.29. The van der Waals surface area contributed by atoms with Gasteiger partial charge in [0, 0.05) is 16.5 Å². The largest absolute Gasteiger partial charge is 0.480 e. The van der Waals surface area contributed by atoms with Crippen LogP contribution in [0.2, 0.25) is 10.0 Å². The first-order valence-corrected chi connectivity index (χ1v) is 15.1.